The molecule has 0 bridgehead atoms. The normalized spacial score (nSPS) is 19.7. The van der Waals surface area contributed by atoms with Gasteiger partial charge in [-0.1, -0.05) is 19.1 Å². The van der Waals surface area contributed by atoms with E-state index in [9.17, 15) is 5.11 Å². The molecule has 0 unspecified atom stereocenters. The lowest BCUT2D eigenvalue weighted by Gasteiger charge is -2.23. The fourth-order valence-corrected chi connectivity index (χ4v) is 5.90. The zero-order valence-corrected chi connectivity index (χ0v) is 18.2. The van der Waals surface area contributed by atoms with Crippen LogP contribution in [0.15, 0.2) is 24.3 Å². The minimum absolute atomic E-state index is 0.0338. The second kappa shape index (κ2) is 8.59. The van der Waals surface area contributed by atoms with Gasteiger partial charge in [0.1, 0.15) is 30.3 Å². The number of aliphatic hydroxyl groups is 1. The number of nitrogens with one attached hydrogen (secondary N) is 2. The molecule has 3 aromatic rings. The number of rotatable bonds is 5. The number of aliphatic hydroxyl groups excluding tert-OH is 1. The first-order valence-corrected chi connectivity index (χ1v) is 11.7. The van der Waals surface area contributed by atoms with E-state index in [1.54, 1.807) is 0 Å². The van der Waals surface area contributed by atoms with Crippen molar-refractivity contribution in [3.8, 4) is 0 Å². The quantitative estimate of drug-likeness (QED) is 0.586. The molecule has 7 heteroatoms. The fraction of sp³-hybridized carbons (Fsp3) is 0.478. The van der Waals surface area contributed by atoms with Crippen molar-refractivity contribution in [3.63, 3.8) is 0 Å². The third kappa shape index (κ3) is 4.07. The van der Waals surface area contributed by atoms with Crippen LogP contribution in [0, 0.1) is 5.92 Å². The van der Waals surface area contributed by atoms with Crippen molar-refractivity contribution in [2.24, 2.45) is 5.92 Å². The summed E-state index contributed by atoms with van der Waals surface area (Å²) in [5.74, 6) is 2.53. The van der Waals surface area contributed by atoms with Crippen molar-refractivity contribution in [2.45, 2.75) is 39.3 Å². The van der Waals surface area contributed by atoms with E-state index in [4.69, 9.17) is 14.7 Å². The Balaban J connectivity index is 1.55. The molecule has 1 aromatic carbocycles. The van der Waals surface area contributed by atoms with E-state index in [2.05, 4.69) is 12.2 Å². The Kier molecular flexibility index (Phi) is 5.69. The van der Waals surface area contributed by atoms with Gasteiger partial charge >= 0.3 is 0 Å². The van der Waals surface area contributed by atoms with Crippen molar-refractivity contribution >= 4 is 33.1 Å². The first-order chi connectivity index (χ1) is 14.7. The molecule has 0 amide bonds. The van der Waals surface area contributed by atoms with Crippen LogP contribution in [0.25, 0.3) is 10.2 Å². The average molecular weight is 426 g/mol. The number of anilines is 2. The monoisotopic (exact) mass is 425 g/mol. The molecule has 158 valence electrons. The molecule has 3 N–H and O–H groups in total. The number of hydrogen-bond donors (Lipinski definition) is 3. The Morgan fingerprint density at radius 3 is 2.97 bits per heavy atom. The Morgan fingerprint density at radius 1 is 1.27 bits per heavy atom. The fourth-order valence-electron chi connectivity index (χ4n) is 4.50. The molecule has 2 aromatic heterocycles. The van der Waals surface area contributed by atoms with E-state index in [0.717, 1.165) is 79.3 Å². The van der Waals surface area contributed by atoms with E-state index < -0.39 is 0 Å². The number of aromatic nitrogens is 2. The van der Waals surface area contributed by atoms with Crippen LogP contribution < -0.4 is 10.2 Å². The maximum atomic E-state index is 9.51. The Morgan fingerprint density at radius 2 is 2.13 bits per heavy atom. The highest BCUT2D eigenvalue weighted by Gasteiger charge is 2.25. The zero-order valence-electron chi connectivity index (χ0n) is 17.4. The van der Waals surface area contributed by atoms with Gasteiger partial charge in [0, 0.05) is 10.6 Å². The average Bonchev–Trinajstić information content (AvgIpc) is 3.12. The van der Waals surface area contributed by atoms with Gasteiger partial charge in [-0.25, -0.2) is 9.97 Å². The topological polar surface area (TPSA) is 71.7 Å². The molecule has 6 nitrogen and oxygen atoms in total. The van der Waals surface area contributed by atoms with Gasteiger partial charge in [0.2, 0.25) is 0 Å². The molecule has 5 rings (SSSR count). The number of thiophene rings is 1. The number of quaternary nitrogens is 1. The second-order valence-electron chi connectivity index (χ2n) is 8.54. The lowest BCUT2D eigenvalue weighted by Crippen LogP contribution is -3.12. The van der Waals surface area contributed by atoms with Gasteiger partial charge in [-0.15, -0.1) is 11.3 Å². The number of nitrogens with zero attached hydrogens (tertiary/aromatic N) is 2. The van der Waals surface area contributed by atoms with Crippen LogP contribution in [-0.2, 0) is 30.7 Å². The predicted octanol–water partition coefficient (Wildman–Crippen LogP) is 2.47. The smallest absolute Gasteiger partial charge is 0.187 e. The largest absolute Gasteiger partial charge is 0.392 e. The second-order valence-corrected chi connectivity index (χ2v) is 9.63. The first-order valence-electron chi connectivity index (χ1n) is 10.9. The summed E-state index contributed by atoms with van der Waals surface area (Å²) in [4.78, 5) is 14.1. The number of hydrogen-bond acceptors (Lipinski definition) is 6. The summed E-state index contributed by atoms with van der Waals surface area (Å²) in [6.45, 7) is 6.81. The maximum Gasteiger partial charge on any atom is 0.187 e. The van der Waals surface area contributed by atoms with Crippen molar-refractivity contribution in [2.75, 3.05) is 31.6 Å². The van der Waals surface area contributed by atoms with E-state index >= 15 is 0 Å². The van der Waals surface area contributed by atoms with Gasteiger partial charge in [-0.3, -0.25) is 0 Å². The molecule has 2 aliphatic rings. The summed E-state index contributed by atoms with van der Waals surface area (Å²) in [6, 6.07) is 7.92. The number of benzene rings is 1. The number of ether oxygens (including phenoxy) is 1. The van der Waals surface area contributed by atoms with Gasteiger partial charge in [-0.2, -0.15) is 0 Å². The molecule has 1 saturated heterocycles. The summed E-state index contributed by atoms with van der Waals surface area (Å²) in [5.41, 5.74) is 3.28. The summed E-state index contributed by atoms with van der Waals surface area (Å²) in [5, 5.41) is 14.3. The molecule has 1 atom stereocenters. The highest BCUT2D eigenvalue weighted by atomic mass is 32.1. The molecule has 1 fully saturated rings. The van der Waals surface area contributed by atoms with E-state index in [1.807, 2.05) is 35.6 Å². The molecular formula is C23H29N4O2S+. The van der Waals surface area contributed by atoms with Gasteiger partial charge in [0.15, 0.2) is 5.82 Å². The Bertz CT molecular complexity index is 1050. The highest BCUT2D eigenvalue weighted by molar-refractivity contribution is 7.19. The number of morpholine rings is 1. The minimum atomic E-state index is 0.0338. The van der Waals surface area contributed by atoms with Crippen LogP contribution in [-0.4, -0.2) is 41.4 Å². The van der Waals surface area contributed by atoms with Crippen LogP contribution >= 0.6 is 11.3 Å². The Labute approximate surface area is 180 Å². The number of fused-ring (bicyclic) bond motifs is 3. The molecule has 0 radical (unpaired) electrons. The lowest BCUT2D eigenvalue weighted by molar-refractivity contribution is -0.922. The van der Waals surface area contributed by atoms with Crippen LogP contribution in [0.2, 0.25) is 0 Å². The van der Waals surface area contributed by atoms with Crippen molar-refractivity contribution in [1.29, 1.82) is 0 Å². The molecule has 3 heterocycles. The SMILES string of the molecule is C[C@@H]1CCc2c(sc3nc(C[NH+]4CCOCC4)nc(Nc4cccc(CO)c4)c23)C1. The van der Waals surface area contributed by atoms with Crippen LogP contribution in [0.3, 0.4) is 0 Å². The molecule has 1 aliphatic heterocycles. The van der Waals surface area contributed by atoms with Gasteiger partial charge in [-0.05, 0) is 48.4 Å². The third-order valence-electron chi connectivity index (χ3n) is 6.18. The minimum Gasteiger partial charge on any atom is -0.392 e. The lowest BCUT2D eigenvalue weighted by atomic mass is 9.89. The molecule has 0 spiro atoms. The highest BCUT2D eigenvalue weighted by Crippen LogP contribution is 2.40. The van der Waals surface area contributed by atoms with Crippen molar-refractivity contribution in [1.82, 2.24) is 9.97 Å². The van der Waals surface area contributed by atoms with E-state index in [0.29, 0.717) is 0 Å². The summed E-state index contributed by atoms with van der Waals surface area (Å²) in [7, 11) is 0. The van der Waals surface area contributed by atoms with Crippen molar-refractivity contribution < 1.29 is 14.7 Å². The van der Waals surface area contributed by atoms with Gasteiger partial charge in [0.05, 0.1) is 25.2 Å². The maximum absolute atomic E-state index is 9.51. The first kappa shape index (κ1) is 19.9. The van der Waals surface area contributed by atoms with Crippen molar-refractivity contribution in [3.05, 3.63) is 46.1 Å². The summed E-state index contributed by atoms with van der Waals surface area (Å²) in [6.07, 6.45) is 3.46. The third-order valence-corrected chi connectivity index (χ3v) is 7.33. The van der Waals surface area contributed by atoms with E-state index in [-0.39, 0.29) is 6.61 Å². The standard InChI is InChI=1S/C23H28N4O2S/c1-15-5-6-18-19(11-15)30-23-21(18)22(24-17-4-2-3-16(12-17)14-28)25-20(26-23)13-27-7-9-29-10-8-27/h2-4,12,15,28H,5-11,13-14H2,1H3,(H,24,25,26)/p+1/t15-/m1/s1. The van der Waals surface area contributed by atoms with Crippen LogP contribution in [0.5, 0.6) is 0 Å². The zero-order chi connectivity index (χ0) is 20.5. The number of aryl methyl sites for hydroxylation is 1. The molecule has 30 heavy (non-hydrogen) atoms. The molecule has 1 aliphatic carbocycles. The van der Waals surface area contributed by atoms with Crippen LogP contribution in [0.4, 0.5) is 11.5 Å². The van der Waals surface area contributed by atoms with E-state index in [1.165, 1.54) is 27.1 Å². The predicted molar refractivity (Wildman–Crippen MR) is 119 cm³/mol. The molecular weight excluding hydrogens is 396 g/mol. The summed E-state index contributed by atoms with van der Waals surface area (Å²) < 4.78 is 5.50. The summed E-state index contributed by atoms with van der Waals surface area (Å²) >= 11 is 1.85. The van der Waals surface area contributed by atoms with Gasteiger partial charge < -0.3 is 20.1 Å². The Hall–Kier alpha value is -2.06. The van der Waals surface area contributed by atoms with Crippen LogP contribution in [0.1, 0.15) is 35.2 Å². The van der Waals surface area contributed by atoms with Gasteiger partial charge in [0.25, 0.3) is 0 Å². The molecule has 0 saturated carbocycles.